The number of aromatic nitrogens is 1. The van der Waals surface area contributed by atoms with Gasteiger partial charge in [0.1, 0.15) is 0 Å². The standard InChI is InChI=1S/C30H19BrClN/c31-27-19-24(13-14-28(27)32)33-29-15-11-22(20-7-3-1-4-8-20)17-25(29)26-18-23(12-16-30(26)33)21-9-5-2-6-10-21/h1-19H. The topological polar surface area (TPSA) is 4.93 Å². The summed E-state index contributed by atoms with van der Waals surface area (Å²) < 4.78 is 3.20. The summed E-state index contributed by atoms with van der Waals surface area (Å²) in [7, 11) is 0. The highest BCUT2D eigenvalue weighted by Gasteiger charge is 2.15. The first kappa shape index (κ1) is 20.3. The van der Waals surface area contributed by atoms with Crippen molar-refractivity contribution in [2.24, 2.45) is 0 Å². The van der Waals surface area contributed by atoms with Crippen LogP contribution in [0.4, 0.5) is 0 Å². The molecular formula is C30H19BrClN. The Hall–Kier alpha value is -3.33. The molecule has 33 heavy (non-hydrogen) atoms. The van der Waals surface area contributed by atoms with E-state index in [0.29, 0.717) is 5.02 Å². The number of hydrogen-bond donors (Lipinski definition) is 0. The van der Waals surface area contributed by atoms with E-state index in [1.807, 2.05) is 6.07 Å². The Kier molecular flexibility index (Phi) is 5.05. The highest BCUT2D eigenvalue weighted by Crippen LogP contribution is 2.38. The Morgan fingerprint density at radius 2 is 1.03 bits per heavy atom. The summed E-state index contributed by atoms with van der Waals surface area (Å²) in [6.45, 7) is 0. The lowest BCUT2D eigenvalue weighted by Gasteiger charge is -2.10. The molecule has 0 atom stereocenters. The molecule has 0 unspecified atom stereocenters. The van der Waals surface area contributed by atoms with Gasteiger partial charge in [0.2, 0.25) is 0 Å². The van der Waals surface area contributed by atoms with Gasteiger partial charge >= 0.3 is 0 Å². The third kappa shape index (κ3) is 3.56. The van der Waals surface area contributed by atoms with Crippen LogP contribution in [0.15, 0.2) is 120 Å². The molecule has 0 aliphatic heterocycles. The zero-order valence-corrected chi connectivity index (χ0v) is 20.0. The molecule has 3 heteroatoms. The Balaban J connectivity index is 1.67. The van der Waals surface area contributed by atoms with Crippen molar-refractivity contribution in [2.75, 3.05) is 0 Å². The van der Waals surface area contributed by atoms with E-state index in [1.165, 1.54) is 44.1 Å². The fraction of sp³-hybridized carbons (Fsp3) is 0. The van der Waals surface area contributed by atoms with Crippen LogP contribution >= 0.6 is 27.5 Å². The zero-order valence-electron chi connectivity index (χ0n) is 17.7. The van der Waals surface area contributed by atoms with Crippen LogP contribution in [0.1, 0.15) is 0 Å². The maximum Gasteiger partial charge on any atom is 0.0549 e. The molecule has 0 aliphatic carbocycles. The molecule has 0 amide bonds. The molecular weight excluding hydrogens is 490 g/mol. The Labute approximate surface area is 206 Å². The molecule has 1 nitrogen and oxygen atoms in total. The SMILES string of the molecule is Clc1ccc(-n2c3ccc(-c4ccccc4)cc3c3cc(-c4ccccc4)ccc32)cc1Br. The monoisotopic (exact) mass is 507 g/mol. The van der Waals surface area contributed by atoms with Crippen molar-refractivity contribution in [1.29, 1.82) is 0 Å². The molecule has 0 fully saturated rings. The van der Waals surface area contributed by atoms with E-state index in [2.05, 4.69) is 130 Å². The summed E-state index contributed by atoms with van der Waals surface area (Å²) in [6.07, 6.45) is 0. The predicted molar refractivity (Wildman–Crippen MR) is 144 cm³/mol. The Bertz CT molecular complexity index is 1520. The third-order valence-electron chi connectivity index (χ3n) is 6.14. The molecule has 6 aromatic rings. The van der Waals surface area contributed by atoms with Crippen molar-refractivity contribution in [3.05, 3.63) is 125 Å². The summed E-state index contributed by atoms with van der Waals surface area (Å²) in [5.74, 6) is 0. The fourth-order valence-corrected chi connectivity index (χ4v) is 5.03. The summed E-state index contributed by atoms with van der Waals surface area (Å²) >= 11 is 9.90. The van der Waals surface area contributed by atoms with Crippen LogP contribution < -0.4 is 0 Å². The molecule has 0 aliphatic rings. The molecule has 158 valence electrons. The van der Waals surface area contributed by atoms with Gasteiger partial charge < -0.3 is 4.57 Å². The van der Waals surface area contributed by atoms with Gasteiger partial charge in [0.15, 0.2) is 0 Å². The van der Waals surface area contributed by atoms with Crippen LogP contribution in [0.2, 0.25) is 5.02 Å². The van der Waals surface area contributed by atoms with Crippen molar-refractivity contribution in [1.82, 2.24) is 4.57 Å². The van der Waals surface area contributed by atoms with E-state index >= 15 is 0 Å². The van der Waals surface area contributed by atoms with Crippen LogP contribution in [-0.2, 0) is 0 Å². The van der Waals surface area contributed by atoms with E-state index in [4.69, 9.17) is 11.6 Å². The quantitative estimate of drug-likeness (QED) is 0.224. The highest BCUT2D eigenvalue weighted by molar-refractivity contribution is 9.10. The molecule has 0 radical (unpaired) electrons. The lowest BCUT2D eigenvalue weighted by Crippen LogP contribution is -1.94. The third-order valence-corrected chi connectivity index (χ3v) is 7.35. The van der Waals surface area contributed by atoms with Crippen molar-refractivity contribution >= 4 is 49.3 Å². The lowest BCUT2D eigenvalue weighted by atomic mass is 10.0. The first-order chi connectivity index (χ1) is 16.2. The molecule has 1 aromatic heterocycles. The van der Waals surface area contributed by atoms with Gasteiger partial charge in [0.05, 0.1) is 16.1 Å². The fourth-order valence-electron chi connectivity index (χ4n) is 4.55. The number of nitrogens with zero attached hydrogens (tertiary/aromatic N) is 1. The van der Waals surface area contributed by atoms with Gasteiger partial charge in [-0.05, 0) is 80.6 Å². The van der Waals surface area contributed by atoms with E-state index in [9.17, 15) is 0 Å². The van der Waals surface area contributed by atoms with Crippen LogP contribution in [-0.4, -0.2) is 4.57 Å². The predicted octanol–water partition coefficient (Wildman–Crippen LogP) is 9.53. The first-order valence-corrected chi connectivity index (χ1v) is 12.0. The number of halogens is 2. The summed E-state index contributed by atoms with van der Waals surface area (Å²) in [5, 5.41) is 3.17. The van der Waals surface area contributed by atoms with E-state index < -0.39 is 0 Å². The van der Waals surface area contributed by atoms with Gasteiger partial charge in [-0.1, -0.05) is 84.4 Å². The van der Waals surface area contributed by atoms with Gasteiger partial charge in [-0.25, -0.2) is 0 Å². The molecule has 1 heterocycles. The van der Waals surface area contributed by atoms with Gasteiger partial charge in [0, 0.05) is 20.9 Å². The number of benzene rings is 5. The smallest absolute Gasteiger partial charge is 0.0549 e. The highest BCUT2D eigenvalue weighted by atomic mass is 79.9. The van der Waals surface area contributed by atoms with Crippen molar-refractivity contribution in [2.45, 2.75) is 0 Å². The van der Waals surface area contributed by atoms with Gasteiger partial charge in [-0.2, -0.15) is 0 Å². The van der Waals surface area contributed by atoms with Crippen molar-refractivity contribution < 1.29 is 0 Å². The normalized spacial score (nSPS) is 11.3. The van der Waals surface area contributed by atoms with Crippen LogP contribution in [0, 0.1) is 0 Å². The van der Waals surface area contributed by atoms with Gasteiger partial charge in [-0.3, -0.25) is 0 Å². The lowest BCUT2D eigenvalue weighted by molar-refractivity contribution is 1.18. The summed E-state index contributed by atoms with van der Waals surface area (Å²) in [5.41, 5.74) is 8.27. The van der Waals surface area contributed by atoms with E-state index in [0.717, 1.165) is 10.2 Å². The molecule has 0 N–H and O–H groups in total. The number of fused-ring (bicyclic) bond motifs is 3. The maximum atomic E-state index is 6.30. The number of rotatable bonds is 3. The Morgan fingerprint density at radius 1 is 0.515 bits per heavy atom. The Morgan fingerprint density at radius 3 is 1.52 bits per heavy atom. The maximum absolute atomic E-state index is 6.30. The molecule has 0 bridgehead atoms. The van der Waals surface area contributed by atoms with Gasteiger partial charge in [-0.15, -0.1) is 0 Å². The molecule has 0 spiro atoms. The van der Waals surface area contributed by atoms with Crippen LogP contribution in [0.25, 0.3) is 49.7 Å². The minimum atomic E-state index is 0.706. The minimum Gasteiger partial charge on any atom is -0.309 e. The zero-order chi connectivity index (χ0) is 22.4. The summed E-state index contributed by atoms with van der Waals surface area (Å²) in [4.78, 5) is 0. The molecule has 5 aromatic carbocycles. The largest absolute Gasteiger partial charge is 0.309 e. The second-order valence-corrected chi connectivity index (χ2v) is 9.39. The first-order valence-electron chi connectivity index (χ1n) is 10.8. The molecule has 6 rings (SSSR count). The van der Waals surface area contributed by atoms with Crippen LogP contribution in [0.5, 0.6) is 0 Å². The second kappa shape index (κ2) is 8.22. The van der Waals surface area contributed by atoms with Crippen molar-refractivity contribution in [3.63, 3.8) is 0 Å². The number of hydrogen-bond acceptors (Lipinski definition) is 0. The summed E-state index contributed by atoms with van der Waals surface area (Å²) in [6, 6.07) is 40.7. The van der Waals surface area contributed by atoms with Crippen LogP contribution in [0.3, 0.4) is 0 Å². The van der Waals surface area contributed by atoms with E-state index in [-0.39, 0.29) is 0 Å². The van der Waals surface area contributed by atoms with Gasteiger partial charge in [0.25, 0.3) is 0 Å². The average Bonchev–Trinajstić information content (AvgIpc) is 3.20. The second-order valence-electron chi connectivity index (χ2n) is 8.13. The minimum absolute atomic E-state index is 0.706. The van der Waals surface area contributed by atoms with E-state index in [1.54, 1.807) is 0 Å². The average molecular weight is 509 g/mol. The molecule has 0 saturated carbocycles. The molecule has 0 saturated heterocycles. The van der Waals surface area contributed by atoms with Crippen molar-refractivity contribution in [3.8, 4) is 27.9 Å².